The van der Waals surface area contributed by atoms with Gasteiger partial charge in [0.1, 0.15) is 0 Å². The van der Waals surface area contributed by atoms with Crippen molar-refractivity contribution in [3.63, 3.8) is 0 Å². The molecule has 1 aliphatic carbocycles. The van der Waals surface area contributed by atoms with E-state index in [1.807, 2.05) is 0 Å². The molecule has 0 aromatic carbocycles. The van der Waals surface area contributed by atoms with Crippen molar-refractivity contribution < 1.29 is 14.4 Å². The zero-order valence-corrected chi connectivity index (χ0v) is 16.4. The highest BCUT2D eigenvalue weighted by Crippen LogP contribution is 2.31. The smallest absolute Gasteiger partial charge is 0.304 e. The second-order valence-electron chi connectivity index (χ2n) is 7.67. The highest BCUT2D eigenvalue weighted by atomic mass is 16.5. The number of aliphatic carboxylic acids is 1. The second-order valence-corrected chi connectivity index (χ2v) is 7.67. The molecule has 0 spiro atoms. The van der Waals surface area contributed by atoms with Gasteiger partial charge in [-0.3, -0.25) is 4.79 Å². The zero-order valence-electron chi connectivity index (χ0n) is 16.4. The van der Waals surface area contributed by atoms with Gasteiger partial charge in [-0.1, -0.05) is 63.9 Å². The second kappa shape index (κ2) is 11.3. The molecule has 1 aliphatic rings. The van der Waals surface area contributed by atoms with Crippen LogP contribution in [0.3, 0.4) is 0 Å². The average molecular weight is 366 g/mol. The van der Waals surface area contributed by atoms with E-state index >= 15 is 0 Å². The standard InChI is InChI=1S/C20H35N3O3/c1-3-17(4-2)21-14-18-22-20(26-23-18)16(13-19(24)25)12-8-11-15-9-6-5-7-10-15/h15-17,21H,3-14H2,1-2H3,(H,24,25)/t16-/m1/s1. The molecule has 6 nitrogen and oxygen atoms in total. The number of hydrogen-bond donors (Lipinski definition) is 2. The predicted molar refractivity (Wildman–Crippen MR) is 101 cm³/mol. The Morgan fingerprint density at radius 2 is 2.00 bits per heavy atom. The van der Waals surface area contributed by atoms with E-state index in [0.717, 1.165) is 31.6 Å². The van der Waals surface area contributed by atoms with Gasteiger partial charge in [0.25, 0.3) is 0 Å². The molecule has 1 aromatic heterocycles. The maximum absolute atomic E-state index is 11.2. The third kappa shape index (κ3) is 7.06. The zero-order chi connectivity index (χ0) is 18.8. The maximum Gasteiger partial charge on any atom is 0.304 e. The third-order valence-electron chi connectivity index (χ3n) is 5.68. The number of nitrogens with one attached hydrogen (secondary N) is 1. The quantitative estimate of drug-likeness (QED) is 0.560. The Hall–Kier alpha value is -1.43. The molecule has 1 heterocycles. The fraction of sp³-hybridized carbons (Fsp3) is 0.850. The van der Waals surface area contributed by atoms with Gasteiger partial charge in [-0.05, 0) is 25.2 Å². The highest BCUT2D eigenvalue weighted by molar-refractivity contribution is 5.67. The minimum atomic E-state index is -0.803. The first-order valence-electron chi connectivity index (χ1n) is 10.4. The van der Waals surface area contributed by atoms with E-state index in [-0.39, 0.29) is 12.3 Å². The Morgan fingerprint density at radius 3 is 2.65 bits per heavy atom. The number of hydrogen-bond acceptors (Lipinski definition) is 5. The van der Waals surface area contributed by atoms with Crippen molar-refractivity contribution in [2.24, 2.45) is 5.92 Å². The normalized spacial score (nSPS) is 16.9. The number of carboxylic acids is 1. The van der Waals surface area contributed by atoms with Gasteiger partial charge in [0.2, 0.25) is 5.89 Å². The summed E-state index contributed by atoms with van der Waals surface area (Å²) >= 11 is 0. The molecule has 0 amide bonds. The molecule has 1 saturated carbocycles. The summed E-state index contributed by atoms with van der Waals surface area (Å²) in [5.41, 5.74) is 0. The lowest BCUT2D eigenvalue weighted by Gasteiger charge is -2.21. The number of carboxylic acid groups (broad SMARTS) is 1. The van der Waals surface area contributed by atoms with Crippen molar-refractivity contribution >= 4 is 5.97 Å². The molecule has 148 valence electrons. The average Bonchev–Trinajstić information content (AvgIpc) is 3.11. The van der Waals surface area contributed by atoms with Gasteiger partial charge in [-0.2, -0.15) is 4.98 Å². The fourth-order valence-electron chi connectivity index (χ4n) is 3.97. The molecular weight excluding hydrogens is 330 g/mol. The van der Waals surface area contributed by atoms with E-state index in [1.165, 1.54) is 38.5 Å². The summed E-state index contributed by atoms with van der Waals surface area (Å²) in [5.74, 6) is 0.941. The minimum absolute atomic E-state index is 0.0618. The van der Waals surface area contributed by atoms with E-state index < -0.39 is 5.97 Å². The van der Waals surface area contributed by atoms with E-state index in [9.17, 15) is 9.90 Å². The first-order chi connectivity index (χ1) is 12.6. The first-order valence-corrected chi connectivity index (χ1v) is 10.4. The number of carbonyl (C=O) groups is 1. The number of rotatable bonds is 12. The topological polar surface area (TPSA) is 88.2 Å². The molecule has 0 unspecified atom stereocenters. The van der Waals surface area contributed by atoms with Crippen molar-refractivity contribution in [3.8, 4) is 0 Å². The van der Waals surface area contributed by atoms with Crippen LogP contribution in [0.25, 0.3) is 0 Å². The number of aromatic nitrogens is 2. The van der Waals surface area contributed by atoms with Gasteiger partial charge in [0, 0.05) is 12.0 Å². The van der Waals surface area contributed by atoms with Crippen LogP contribution >= 0.6 is 0 Å². The van der Waals surface area contributed by atoms with Crippen LogP contribution in [0.2, 0.25) is 0 Å². The Bertz CT molecular complexity index is 522. The Kier molecular flexibility index (Phi) is 9.09. The van der Waals surface area contributed by atoms with E-state index in [1.54, 1.807) is 0 Å². The van der Waals surface area contributed by atoms with Gasteiger partial charge in [-0.15, -0.1) is 0 Å². The van der Waals surface area contributed by atoms with E-state index in [4.69, 9.17) is 4.52 Å². The molecule has 2 rings (SSSR count). The summed E-state index contributed by atoms with van der Waals surface area (Å²) in [4.78, 5) is 15.7. The molecule has 1 fully saturated rings. The van der Waals surface area contributed by atoms with Crippen molar-refractivity contribution in [2.45, 2.75) is 103 Å². The lowest BCUT2D eigenvalue weighted by atomic mass is 9.84. The van der Waals surface area contributed by atoms with Crippen LogP contribution in [0.5, 0.6) is 0 Å². The van der Waals surface area contributed by atoms with Crippen LogP contribution in [0.15, 0.2) is 4.52 Å². The fourth-order valence-corrected chi connectivity index (χ4v) is 3.97. The summed E-state index contributed by atoms with van der Waals surface area (Å²) in [6, 6.07) is 0.447. The lowest BCUT2D eigenvalue weighted by Crippen LogP contribution is -2.27. The third-order valence-corrected chi connectivity index (χ3v) is 5.68. The van der Waals surface area contributed by atoms with Gasteiger partial charge >= 0.3 is 5.97 Å². The lowest BCUT2D eigenvalue weighted by molar-refractivity contribution is -0.137. The van der Waals surface area contributed by atoms with Gasteiger partial charge in [0.05, 0.1) is 13.0 Å². The molecule has 0 saturated heterocycles. The van der Waals surface area contributed by atoms with Crippen LogP contribution in [-0.4, -0.2) is 27.3 Å². The first kappa shape index (κ1) is 20.9. The molecule has 6 heteroatoms. The van der Waals surface area contributed by atoms with E-state index in [2.05, 4.69) is 29.3 Å². The Labute approximate surface area is 157 Å². The Morgan fingerprint density at radius 1 is 1.27 bits per heavy atom. The summed E-state index contributed by atoms with van der Waals surface area (Å²) in [5, 5.41) is 16.7. The summed E-state index contributed by atoms with van der Waals surface area (Å²) < 4.78 is 5.41. The molecule has 0 radical (unpaired) electrons. The largest absolute Gasteiger partial charge is 0.481 e. The minimum Gasteiger partial charge on any atom is -0.481 e. The maximum atomic E-state index is 11.2. The van der Waals surface area contributed by atoms with Crippen LogP contribution in [0.1, 0.15) is 102 Å². The van der Waals surface area contributed by atoms with E-state index in [0.29, 0.717) is 24.3 Å². The molecule has 1 aromatic rings. The van der Waals surface area contributed by atoms with Crippen LogP contribution in [0.4, 0.5) is 0 Å². The molecular formula is C20H35N3O3. The van der Waals surface area contributed by atoms with Gasteiger partial charge < -0.3 is 14.9 Å². The van der Waals surface area contributed by atoms with Crippen LogP contribution < -0.4 is 5.32 Å². The van der Waals surface area contributed by atoms with Crippen molar-refractivity contribution in [1.29, 1.82) is 0 Å². The number of nitrogens with zero attached hydrogens (tertiary/aromatic N) is 2. The SMILES string of the molecule is CCC(CC)NCc1noc([C@H](CCCC2CCCCC2)CC(=O)O)n1. The van der Waals surface area contributed by atoms with Gasteiger partial charge in [-0.25, -0.2) is 0 Å². The summed E-state index contributed by atoms with van der Waals surface area (Å²) in [6.07, 6.45) is 11.9. The van der Waals surface area contributed by atoms with Crippen molar-refractivity contribution in [1.82, 2.24) is 15.5 Å². The van der Waals surface area contributed by atoms with Crippen molar-refractivity contribution in [2.75, 3.05) is 0 Å². The molecule has 26 heavy (non-hydrogen) atoms. The van der Waals surface area contributed by atoms with Crippen LogP contribution in [-0.2, 0) is 11.3 Å². The summed E-state index contributed by atoms with van der Waals surface area (Å²) in [6.45, 7) is 4.87. The Balaban J connectivity index is 1.86. The van der Waals surface area contributed by atoms with Gasteiger partial charge in [0.15, 0.2) is 5.82 Å². The molecule has 2 N–H and O–H groups in total. The molecule has 1 atom stereocenters. The van der Waals surface area contributed by atoms with Crippen LogP contribution in [0, 0.1) is 5.92 Å². The summed E-state index contributed by atoms with van der Waals surface area (Å²) in [7, 11) is 0. The molecule has 0 aliphatic heterocycles. The predicted octanol–water partition coefficient (Wildman–Crippen LogP) is 4.66. The van der Waals surface area contributed by atoms with Crippen molar-refractivity contribution in [3.05, 3.63) is 11.7 Å². The monoisotopic (exact) mass is 365 g/mol. The molecule has 0 bridgehead atoms. The highest BCUT2D eigenvalue weighted by Gasteiger charge is 2.23.